The summed E-state index contributed by atoms with van der Waals surface area (Å²) in [6.45, 7) is 0. The summed E-state index contributed by atoms with van der Waals surface area (Å²) in [5, 5.41) is 2.32. The molecule has 1 saturated carbocycles. The van der Waals surface area contributed by atoms with Crippen LogP contribution in [0.2, 0.25) is 0 Å². The molecule has 2 aromatic carbocycles. The van der Waals surface area contributed by atoms with Gasteiger partial charge in [0.1, 0.15) is 17.4 Å². The molecule has 1 fully saturated rings. The average Bonchev–Trinajstić information content (AvgIpc) is 3.31. The molecule has 0 unspecified atom stereocenters. The van der Waals surface area contributed by atoms with Gasteiger partial charge in [-0.3, -0.25) is 0 Å². The Balaban J connectivity index is 1.67. The van der Waals surface area contributed by atoms with Gasteiger partial charge in [-0.2, -0.15) is 4.98 Å². The van der Waals surface area contributed by atoms with Crippen molar-refractivity contribution < 1.29 is 4.74 Å². The molecule has 0 aliphatic heterocycles. The highest BCUT2D eigenvalue weighted by Gasteiger charge is 2.27. The first-order valence-corrected chi connectivity index (χ1v) is 7.09. The number of nitrogens with two attached hydrogens (primary N) is 1. The van der Waals surface area contributed by atoms with Crippen molar-refractivity contribution in [2.75, 3.05) is 5.73 Å². The van der Waals surface area contributed by atoms with Crippen molar-refractivity contribution in [1.29, 1.82) is 0 Å². The van der Waals surface area contributed by atoms with Gasteiger partial charge in [-0.25, -0.2) is 4.98 Å². The van der Waals surface area contributed by atoms with Gasteiger partial charge < -0.3 is 10.5 Å². The maximum atomic E-state index is 5.85. The van der Waals surface area contributed by atoms with Crippen molar-refractivity contribution in [2.45, 2.75) is 18.8 Å². The molecular weight excluding hydrogens is 262 g/mol. The van der Waals surface area contributed by atoms with Gasteiger partial charge in [0.25, 0.3) is 0 Å². The molecule has 1 aromatic heterocycles. The minimum absolute atomic E-state index is 0.451. The zero-order valence-corrected chi connectivity index (χ0v) is 11.5. The van der Waals surface area contributed by atoms with E-state index in [9.17, 15) is 0 Å². The fraction of sp³-hybridized carbons (Fsp3) is 0.176. The maximum absolute atomic E-state index is 5.85. The molecule has 4 nitrogen and oxygen atoms in total. The summed E-state index contributed by atoms with van der Waals surface area (Å²) in [7, 11) is 0. The number of fused-ring (bicyclic) bond motifs is 1. The normalized spacial score (nSPS) is 14.3. The quantitative estimate of drug-likeness (QED) is 0.789. The molecular formula is C17H15N3O. The number of ether oxygens (including phenoxy) is 1. The van der Waals surface area contributed by atoms with Gasteiger partial charge in [-0.1, -0.05) is 30.3 Å². The lowest BCUT2D eigenvalue weighted by atomic mass is 10.1. The smallest absolute Gasteiger partial charge is 0.224 e. The van der Waals surface area contributed by atoms with Crippen LogP contribution in [0.3, 0.4) is 0 Å². The second-order valence-corrected chi connectivity index (χ2v) is 5.37. The predicted molar refractivity (Wildman–Crippen MR) is 82.4 cm³/mol. The Morgan fingerprint density at radius 2 is 1.76 bits per heavy atom. The van der Waals surface area contributed by atoms with E-state index in [1.807, 2.05) is 30.3 Å². The molecule has 0 amide bonds. The molecule has 1 aliphatic carbocycles. The van der Waals surface area contributed by atoms with Gasteiger partial charge >= 0.3 is 0 Å². The topological polar surface area (TPSA) is 61.0 Å². The van der Waals surface area contributed by atoms with Crippen LogP contribution in [0.25, 0.3) is 10.8 Å². The van der Waals surface area contributed by atoms with E-state index in [0.29, 0.717) is 17.6 Å². The van der Waals surface area contributed by atoms with Gasteiger partial charge in [0.2, 0.25) is 5.88 Å². The number of hydrogen-bond donors (Lipinski definition) is 1. The fourth-order valence-corrected chi connectivity index (χ4v) is 2.39. The van der Waals surface area contributed by atoms with Crippen LogP contribution in [0.15, 0.2) is 48.5 Å². The summed E-state index contributed by atoms with van der Waals surface area (Å²) >= 11 is 0. The minimum atomic E-state index is 0.451. The summed E-state index contributed by atoms with van der Waals surface area (Å²) in [5.74, 6) is 2.98. The van der Waals surface area contributed by atoms with Gasteiger partial charge in [0.05, 0.1) is 0 Å². The lowest BCUT2D eigenvalue weighted by Gasteiger charge is -2.08. The molecule has 0 bridgehead atoms. The Bertz CT molecular complexity index is 812. The van der Waals surface area contributed by atoms with E-state index in [1.54, 1.807) is 6.07 Å². The first-order chi connectivity index (χ1) is 10.3. The summed E-state index contributed by atoms with van der Waals surface area (Å²) < 4.78 is 5.85. The Kier molecular flexibility index (Phi) is 2.74. The van der Waals surface area contributed by atoms with Gasteiger partial charge in [-0.15, -0.1) is 0 Å². The number of benzene rings is 2. The highest BCUT2D eigenvalue weighted by Crippen LogP contribution is 2.39. The van der Waals surface area contributed by atoms with Crippen LogP contribution in [0, 0.1) is 0 Å². The van der Waals surface area contributed by atoms with Crippen molar-refractivity contribution in [3.05, 3.63) is 54.4 Å². The molecule has 1 aliphatic rings. The van der Waals surface area contributed by atoms with Gasteiger partial charge in [-0.05, 0) is 35.7 Å². The van der Waals surface area contributed by atoms with Crippen molar-refractivity contribution in [3.8, 4) is 11.6 Å². The maximum Gasteiger partial charge on any atom is 0.224 e. The first kappa shape index (κ1) is 12.1. The number of nitrogens with zero attached hydrogens (tertiary/aromatic N) is 2. The highest BCUT2D eigenvalue weighted by molar-refractivity contribution is 5.83. The highest BCUT2D eigenvalue weighted by atomic mass is 16.5. The molecule has 0 spiro atoms. The SMILES string of the molecule is Nc1cc(Oc2ccc3ccccc3c2)nc(C2CC2)n1. The first-order valence-electron chi connectivity index (χ1n) is 7.09. The second kappa shape index (κ2) is 4.74. The van der Waals surface area contributed by atoms with Crippen LogP contribution in [0.4, 0.5) is 5.82 Å². The Morgan fingerprint density at radius 1 is 0.952 bits per heavy atom. The van der Waals surface area contributed by atoms with Crippen LogP contribution in [0.1, 0.15) is 24.6 Å². The number of nitrogen functional groups attached to an aromatic ring is 1. The molecule has 0 atom stereocenters. The summed E-state index contributed by atoms with van der Waals surface area (Å²) in [6, 6.07) is 15.8. The Morgan fingerprint density at radius 3 is 2.57 bits per heavy atom. The van der Waals surface area contributed by atoms with Crippen LogP contribution < -0.4 is 10.5 Å². The molecule has 3 aromatic rings. The predicted octanol–water partition coefficient (Wildman–Crippen LogP) is 3.88. The van der Waals surface area contributed by atoms with E-state index in [0.717, 1.165) is 29.8 Å². The number of aromatic nitrogens is 2. The monoisotopic (exact) mass is 277 g/mol. The molecule has 1 heterocycles. The number of anilines is 1. The van der Waals surface area contributed by atoms with E-state index in [2.05, 4.69) is 22.1 Å². The molecule has 0 radical (unpaired) electrons. The molecule has 21 heavy (non-hydrogen) atoms. The average molecular weight is 277 g/mol. The third kappa shape index (κ3) is 2.52. The number of rotatable bonds is 3. The van der Waals surface area contributed by atoms with E-state index in [4.69, 9.17) is 10.5 Å². The zero-order chi connectivity index (χ0) is 14.2. The number of hydrogen-bond acceptors (Lipinski definition) is 4. The van der Waals surface area contributed by atoms with Gasteiger partial charge in [0, 0.05) is 12.0 Å². The standard InChI is InChI=1S/C17H15N3O/c18-15-10-16(20-17(19-15)12-5-6-12)21-14-8-7-11-3-1-2-4-13(11)9-14/h1-4,7-10,12H,5-6H2,(H2,18,19,20). The second-order valence-electron chi connectivity index (χ2n) is 5.37. The van der Waals surface area contributed by atoms with Crippen LogP contribution in [-0.4, -0.2) is 9.97 Å². The largest absolute Gasteiger partial charge is 0.439 e. The van der Waals surface area contributed by atoms with E-state index < -0.39 is 0 Å². The Hall–Kier alpha value is -2.62. The Labute approximate surface area is 122 Å². The summed E-state index contributed by atoms with van der Waals surface area (Å²) in [5.41, 5.74) is 5.84. The van der Waals surface area contributed by atoms with E-state index in [1.165, 1.54) is 5.39 Å². The fourth-order valence-electron chi connectivity index (χ4n) is 2.39. The third-order valence-electron chi connectivity index (χ3n) is 3.63. The molecule has 104 valence electrons. The molecule has 4 rings (SSSR count). The molecule has 0 saturated heterocycles. The van der Waals surface area contributed by atoms with E-state index >= 15 is 0 Å². The molecule has 2 N–H and O–H groups in total. The van der Waals surface area contributed by atoms with Crippen molar-refractivity contribution >= 4 is 16.6 Å². The van der Waals surface area contributed by atoms with Crippen molar-refractivity contribution in [1.82, 2.24) is 9.97 Å². The van der Waals surface area contributed by atoms with Crippen LogP contribution in [0.5, 0.6) is 11.6 Å². The summed E-state index contributed by atoms with van der Waals surface area (Å²) in [6.07, 6.45) is 2.28. The summed E-state index contributed by atoms with van der Waals surface area (Å²) in [4.78, 5) is 8.73. The van der Waals surface area contributed by atoms with E-state index in [-0.39, 0.29) is 0 Å². The lowest BCUT2D eigenvalue weighted by molar-refractivity contribution is 0.460. The van der Waals surface area contributed by atoms with Crippen molar-refractivity contribution in [3.63, 3.8) is 0 Å². The van der Waals surface area contributed by atoms with Gasteiger partial charge in [0.15, 0.2) is 0 Å². The zero-order valence-electron chi connectivity index (χ0n) is 11.5. The molecule has 4 heteroatoms. The van der Waals surface area contributed by atoms with Crippen molar-refractivity contribution in [2.24, 2.45) is 0 Å². The third-order valence-corrected chi connectivity index (χ3v) is 3.63. The minimum Gasteiger partial charge on any atom is -0.439 e. The lowest BCUT2D eigenvalue weighted by Crippen LogP contribution is -2.00. The van der Waals surface area contributed by atoms with Crippen LogP contribution >= 0.6 is 0 Å². The van der Waals surface area contributed by atoms with Crippen LogP contribution in [-0.2, 0) is 0 Å².